The molecule has 21 heavy (non-hydrogen) atoms. The number of aliphatic hydroxyl groups excluding tert-OH is 1. The topological polar surface area (TPSA) is 85.1 Å². The summed E-state index contributed by atoms with van der Waals surface area (Å²) < 4.78 is 11.4. The molecule has 1 spiro atoms. The van der Waals surface area contributed by atoms with Crippen LogP contribution in [0.25, 0.3) is 0 Å². The largest absolute Gasteiger partial charge is 0.394 e. The zero-order valence-electron chi connectivity index (χ0n) is 11.8. The summed E-state index contributed by atoms with van der Waals surface area (Å²) in [7, 11) is 0. The third-order valence-electron chi connectivity index (χ3n) is 4.13. The summed E-state index contributed by atoms with van der Waals surface area (Å²) in [5.41, 5.74) is 1.54. The summed E-state index contributed by atoms with van der Waals surface area (Å²) in [4.78, 5) is 12.5. The SMILES string of the molecule is Cc1cc(N2CC3(C[C@@H]2CO)OCCO3)ccc1[N+](=O)[O-]. The van der Waals surface area contributed by atoms with Crippen LogP contribution in [0.5, 0.6) is 0 Å². The molecule has 2 fully saturated rings. The molecule has 7 heteroatoms. The number of ether oxygens (including phenoxy) is 2. The van der Waals surface area contributed by atoms with Crippen LogP contribution >= 0.6 is 0 Å². The zero-order valence-corrected chi connectivity index (χ0v) is 11.8. The van der Waals surface area contributed by atoms with E-state index in [-0.39, 0.29) is 18.3 Å². The highest BCUT2D eigenvalue weighted by Crippen LogP contribution is 2.38. The van der Waals surface area contributed by atoms with Gasteiger partial charge in [-0.2, -0.15) is 0 Å². The van der Waals surface area contributed by atoms with Crippen molar-refractivity contribution >= 4 is 11.4 Å². The number of aliphatic hydroxyl groups is 1. The van der Waals surface area contributed by atoms with Gasteiger partial charge in [0.2, 0.25) is 0 Å². The van der Waals surface area contributed by atoms with Crippen molar-refractivity contribution in [1.29, 1.82) is 0 Å². The van der Waals surface area contributed by atoms with E-state index in [0.717, 1.165) is 5.69 Å². The number of nitrogens with zero attached hydrogens (tertiary/aromatic N) is 2. The monoisotopic (exact) mass is 294 g/mol. The second-order valence-electron chi connectivity index (χ2n) is 5.50. The lowest BCUT2D eigenvalue weighted by Crippen LogP contribution is -2.35. The van der Waals surface area contributed by atoms with E-state index in [4.69, 9.17) is 9.47 Å². The van der Waals surface area contributed by atoms with Crippen LogP contribution in [0.3, 0.4) is 0 Å². The van der Waals surface area contributed by atoms with Gasteiger partial charge in [-0.3, -0.25) is 10.1 Å². The Morgan fingerprint density at radius 2 is 2.19 bits per heavy atom. The first-order valence-corrected chi connectivity index (χ1v) is 6.95. The lowest BCUT2D eigenvalue weighted by molar-refractivity contribution is -0.385. The first-order chi connectivity index (χ1) is 10.0. The molecule has 0 aliphatic carbocycles. The van der Waals surface area contributed by atoms with E-state index in [1.807, 2.05) is 4.90 Å². The van der Waals surface area contributed by atoms with Gasteiger partial charge < -0.3 is 19.5 Å². The lowest BCUT2D eigenvalue weighted by Gasteiger charge is -2.26. The van der Waals surface area contributed by atoms with Crippen molar-refractivity contribution in [2.75, 3.05) is 31.3 Å². The fourth-order valence-corrected chi connectivity index (χ4v) is 3.12. The highest BCUT2D eigenvalue weighted by molar-refractivity contribution is 5.57. The third-order valence-corrected chi connectivity index (χ3v) is 4.13. The minimum absolute atomic E-state index is 0.00942. The van der Waals surface area contributed by atoms with E-state index in [0.29, 0.717) is 31.7 Å². The Morgan fingerprint density at radius 1 is 1.48 bits per heavy atom. The average molecular weight is 294 g/mol. The van der Waals surface area contributed by atoms with E-state index < -0.39 is 10.7 Å². The van der Waals surface area contributed by atoms with Crippen LogP contribution < -0.4 is 4.90 Å². The number of anilines is 1. The Morgan fingerprint density at radius 3 is 2.76 bits per heavy atom. The quantitative estimate of drug-likeness (QED) is 0.666. The zero-order chi connectivity index (χ0) is 15.0. The van der Waals surface area contributed by atoms with Gasteiger partial charge in [-0.1, -0.05) is 0 Å². The van der Waals surface area contributed by atoms with Crippen LogP contribution in [0.2, 0.25) is 0 Å². The Balaban J connectivity index is 1.88. The average Bonchev–Trinajstić information content (AvgIpc) is 3.06. The predicted octanol–water partition coefficient (Wildman–Crippen LogP) is 1.22. The summed E-state index contributed by atoms with van der Waals surface area (Å²) in [5.74, 6) is -0.650. The number of benzene rings is 1. The fourth-order valence-electron chi connectivity index (χ4n) is 3.12. The molecule has 0 saturated carbocycles. The van der Waals surface area contributed by atoms with Crippen LogP contribution in [0.1, 0.15) is 12.0 Å². The van der Waals surface area contributed by atoms with E-state index in [1.54, 1.807) is 19.1 Å². The highest BCUT2D eigenvalue weighted by atomic mass is 16.7. The molecular weight excluding hydrogens is 276 g/mol. The van der Waals surface area contributed by atoms with Crippen molar-refractivity contribution in [3.8, 4) is 0 Å². The van der Waals surface area contributed by atoms with E-state index in [1.165, 1.54) is 6.07 Å². The summed E-state index contributed by atoms with van der Waals surface area (Å²) in [6.07, 6.45) is 0.597. The van der Waals surface area contributed by atoms with E-state index in [2.05, 4.69) is 0 Å². The molecule has 2 heterocycles. The van der Waals surface area contributed by atoms with Crippen molar-refractivity contribution in [3.63, 3.8) is 0 Å². The van der Waals surface area contributed by atoms with Gasteiger partial charge in [0.05, 0.1) is 37.3 Å². The van der Waals surface area contributed by atoms with Crippen molar-refractivity contribution in [3.05, 3.63) is 33.9 Å². The maximum absolute atomic E-state index is 10.9. The van der Waals surface area contributed by atoms with Gasteiger partial charge in [0.15, 0.2) is 5.79 Å². The molecule has 1 aromatic carbocycles. The molecule has 7 nitrogen and oxygen atoms in total. The number of aryl methyl sites for hydroxylation is 1. The number of hydrogen-bond acceptors (Lipinski definition) is 6. The Bertz CT molecular complexity index is 556. The minimum atomic E-state index is -0.650. The smallest absolute Gasteiger partial charge is 0.272 e. The number of nitro groups is 1. The molecule has 1 N–H and O–H groups in total. The summed E-state index contributed by atoms with van der Waals surface area (Å²) in [6.45, 7) is 3.35. The fraction of sp³-hybridized carbons (Fsp3) is 0.571. The first kappa shape index (κ1) is 14.2. The lowest BCUT2D eigenvalue weighted by atomic mass is 10.1. The van der Waals surface area contributed by atoms with Crippen LogP contribution in [-0.4, -0.2) is 48.2 Å². The van der Waals surface area contributed by atoms with E-state index in [9.17, 15) is 15.2 Å². The van der Waals surface area contributed by atoms with Gasteiger partial charge in [-0.25, -0.2) is 0 Å². The predicted molar refractivity (Wildman–Crippen MR) is 75.3 cm³/mol. The van der Waals surface area contributed by atoms with Crippen LogP contribution in [0.15, 0.2) is 18.2 Å². The molecule has 0 bridgehead atoms. The van der Waals surface area contributed by atoms with Gasteiger partial charge in [-0.15, -0.1) is 0 Å². The molecule has 2 aliphatic heterocycles. The highest BCUT2D eigenvalue weighted by Gasteiger charge is 2.48. The summed E-state index contributed by atoms with van der Waals surface area (Å²) in [5, 5.41) is 20.5. The van der Waals surface area contributed by atoms with Crippen LogP contribution in [0.4, 0.5) is 11.4 Å². The third kappa shape index (κ3) is 2.48. The van der Waals surface area contributed by atoms with Gasteiger partial charge in [0.1, 0.15) is 0 Å². The van der Waals surface area contributed by atoms with Gasteiger partial charge >= 0.3 is 0 Å². The maximum Gasteiger partial charge on any atom is 0.272 e. The molecule has 0 radical (unpaired) electrons. The van der Waals surface area contributed by atoms with Gasteiger partial charge in [0, 0.05) is 23.7 Å². The molecule has 1 atom stereocenters. The number of hydrogen-bond donors (Lipinski definition) is 1. The van der Waals surface area contributed by atoms with Crippen LogP contribution in [0, 0.1) is 17.0 Å². The molecule has 2 aliphatic rings. The molecule has 0 amide bonds. The Labute approximate surface area is 122 Å². The van der Waals surface area contributed by atoms with Crippen molar-refractivity contribution in [2.24, 2.45) is 0 Å². The van der Waals surface area contributed by atoms with Gasteiger partial charge in [-0.05, 0) is 19.1 Å². The minimum Gasteiger partial charge on any atom is -0.394 e. The first-order valence-electron chi connectivity index (χ1n) is 6.95. The molecule has 1 aromatic rings. The van der Waals surface area contributed by atoms with Crippen molar-refractivity contribution < 1.29 is 19.5 Å². The van der Waals surface area contributed by atoms with E-state index >= 15 is 0 Å². The van der Waals surface area contributed by atoms with Gasteiger partial charge in [0.25, 0.3) is 5.69 Å². The molecule has 0 unspecified atom stereocenters. The van der Waals surface area contributed by atoms with Crippen LogP contribution in [-0.2, 0) is 9.47 Å². The summed E-state index contributed by atoms with van der Waals surface area (Å²) in [6, 6.07) is 4.88. The molecule has 2 saturated heterocycles. The van der Waals surface area contributed by atoms with Crippen molar-refractivity contribution in [1.82, 2.24) is 0 Å². The molecular formula is C14H18N2O5. The Kier molecular flexibility index (Phi) is 3.56. The summed E-state index contributed by atoms with van der Waals surface area (Å²) >= 11 is 0. The number of nitro benzene ring substituents is 1. The molecule has 114 valence electrons. The second kappa shape index (κ2) is 5.25. The molecule has 0 aromatic heterocycles. The van der Waals surface area contributed by atoms with Crippen molar-refractivity contribution in [2.45, 2.75) is 25.2 Å². The maximum atomic E-state index is 10.9. The standard InChI is InChI=1S/C14H18N2O5/c1-10-6-11(2-3-13(10)16(18)19)15-9-14(7-12(15)8-17)20-4-5-21-14/h2-3,6,12,17H,4-5,7-9H2,1H3/t12-/m1/s1. The normalized spacial score (nSPS) is 23.9. The Hall–Kier alpha value is -1.70. The second-order valence-corrected chi connectivity index (χ2v) is 5.50. The molecule has 3 rings (SSSR count). The number of rotatable bonds is 3.